The lowest BCUT2D eigenvalue weighted by molar-refractivity contribution is 0.0949. The van der Waals surface area contributed by atoms with E-state index >= 15 is 0 Å². The standard InChI is InChI=1S/C15H15N3O3/c1-10-8-13(6-5-12(10)4-3-7-19)15(20)16-9-14-17-11(2)21-18-14/h5-6,8,19H,7,9H2,1-2H3,(H,16,20). The van der Waals surface area contributed by atoms with Crippen LogP contribution < -0.4 is 5.32 Å². The number of aliphatic hydroxyl groups is 1. The van der Waals surface area contributed by atoms with Crippen molar-refractivity contribution < 1.29 is 14.4 Å². The summed E-state index contributed by atoms with van der Waals surface area (Å²) in [4.78, 5) is 16.0. The predicted molar refractivity (Wildman–Crippen MR) is 75.3 cm³/mol. The highest BCUT2D eigenvalue weighted by molar-refractivity contribution is 5.94. The fraction of sp³-hybridized carbons (Fsp3) is 0.267. The summed E-state index contributed by atoms with van der Waals surface area (Å²) in [6, 6.07) is 5.19. The van der Waals surface area contributed by atoms with Crippen LogP contribution >= 0.6 is 0 Å². The third kappa shape index (κ3) is 3.91. The molecule has 0 saturated heterocycles. The van der Waals surface area contributed by atoms with E-state index in [2.05, 4.69) is 27.3 Å². The van der Waals surface area contributed by atoms with Crippen molar-refractivity contribution in [2.24, 2.45) is 0 Å². The molecule has 6 nitrogen and oxygen atoms in total. The Balaban J connectivity index is 2.04. The Labute approximate surface area is 122 Å². The van der Waals surface area contributed by atoms with Gasteiger partial charge in [0.15, 0.2) is 5.82 Å². The van der Waals surface area contributed by atoms with Gasteiger partial charge in [0.05, 0.1) is 6.54 Å². The highest BCUT2D eigenvalue weighted by Gasteiger charge is 2.09. The van der Waals surface area contributed by atoms with Crippen LogP contribution in [0.4, 0.5) is 0 Å². The maximum absolute atomic E-state index is 12.0. The molecule has 2 aromatic rings. The summed E-state index contributed by atoms with van der Waals surface area (Å²) in [6.45, 7) is 3.57. The molecule has 0 atom stereocenters. The average molecular weight is 285 g/mol. The van der Waals surface area contributed by atoms with E-state index in [4.69, 9.17) is 9.63 Å². The summed E-state index contributed by atoms with van der Waals surface area (Å²) < 4.78 is 4.83. The first-order valence-electron chi connectivity index (χ1n) is 6.38. The summed E-state index contributed by atoms with van der Waals surface area (Å²) in [5, 5.41) is 15.1. The van der Waals surface area contributed by atoms with Gasteiger partial charge >= 0.3 is 0 Å². The van der Waals surface area contributed by atoms with Crippen molar-refractivity contribution in [1.82, 2.24) is 15.5 Å². The van der Waals surface area contributed by atoms with Gasteiger partial charge in [0, 0.05) is 18.1 Å². The molecule has 0 aliphatic rings. The smallest absolute Gasteiger partial charge is 0.251 e. The van der Waals surface area contributed by atoms with E-state index in [1.807, 2.05) is 6.92 Å². The molecule has 1 heterocycles. The van der Waals surface area contributed by atoms with Gasteiger partial charge in [-0.25, -0.2) is 0 Å². The largest absolute Gasteiger partial charge is 0.384 e. The van der Waals surface area contributed by atoms with E-state index in [1.165, 1.54) is 0 Å². The summed E-state index contributed by atoms with van der Waals surface area (Å²) in [6.07, 6.45) is 0. The number of amides is 1. The van der Waals surface area contributed by atoms with Gasteiger partial charge in [0.25, 0.3) is 5.91 Å². The zero-order valence-corrected chi connectivity index (χ0v) is 11.8. The van der Waals surface area contributed by atoms with Gasteiger partial charge in [-0.3, -0.25) is 4.79 Å². The van der Waals surface area contributed by atoms with Crippen molar-refractivity contribution in [1.29, 1.82) is 0 Å². The number of nitrogens with zero attached hydrogens (tertiary/aromatic N) is 2. The number of benzene rings is 1. The van der Waals surface area contributed by atoms with E-state index in [0.717, 1.165) is 11.1 Å². The second kappa shape index (κ2) is 6.68. The number of carbonyl (C=O) groups is 1. The van der Waals surface area contributed by atoms with E-state index < -0.39 is 0 Å². The average Bonchev–Trinajstić information content (AvgIpc) is 2.89. The minimum absolute atomic E-state index is 0.189. The quantitative estimate of drug-likeness (QED) is 0.820. The number of rotatable bonds is 3. The van der Waals surface area contributed by atoms with Gasteiger partial charge in [-0.1, -0.05) is 17.0 Å². The van der Waals surface area contributed by atoms with Crippen LogP contribution in [0.2, 0.25) is 0 Å². The lowest BCUT2D eigenvalue weighted by Gasteiger charge is -2.05. The van der Waals surface area contributed by atoms with Gasteiger partial charge in [-0.2, -0.15) is 4.98 Å². The topological polar surface area (TPSA) is 88.2 Å². The van der Waals surface area contributed by atoms with E-state index in [9.17, 15) is 4.79 Å². The zero-order chi connectivity index (χ0) is 15.2. The molecule has 0 bridgehead atoms. The van der Waals surface area contributed by atoms with Gasteiger partial charge < -0.3 is 14.9 Å². The van der Waals surface area contributed by atoms with Crippen molar-refractivity contribution in [2.45, 2.75) is 20.4 Å². The highest BCUT2D eigenvalue weighted by Crippen LogP contribution is 2.10. The van der Waals surface area contributed by atoms with Crippen LogP contribution in [0.15, 0.2) is 22.7 Å². The SMILES string of the molecule is Cc1nc(CNC(=O)c2ccc(C#CCO)c(C)c2)no1. The molecule has 2 N–H and O–H groups in total. The monoisotopic (exact) mass is 285 g/mol. The Morgan fingerprint density at radius 3 is 2.86 bits per heavy atom. The summed E-state index contributed by atoms with van der Waals surface area (Å²) >= 11 is 0. The number of aryl methyl sites for hydroxylation is 2. The van der Waals surface area contributed by atoms with Gasteiger partial charge in [0.2, 0.25) is 5.89 Å². The molecule has 21 heavy (non-hydrogen) atoms. The molecule has 0 radical (unpaired) electrons. The maximum Gasteiger partial charge on any atom is 0.251 e. The molecule has 1 amide bonds. The molecule has 0 aliphatic carbocycles. The van der Waals surface area contributed by atoms with Crippen molar-refractivity contribution in [3.8, 4) is 11.8 Å². The predicted octanol–water partition coefficient (Wildman–Crippen LogP) is 0.960. The minimum atomic E-state index is -0.220. The van der Waals surface area contributed by atoms with Crippen molar-refractivity contribution in [3.63, 3.8) is 0 Å². The number of hydrogen-bond donors (Lipinski definition) is 2. The molecular weight excluding hydrogens is 270 g/mol. The fourth-order valence-corrected chi connectivity index (χ4v) is 1.75. The summed E-state index contributed by atoms with van der Waals surface area (Å²) in [7, 11) is 0. The summed E-state index contributed by atoms with van der Waals surface area (Å²) in [5.41, 5.74) is 2.19. The first-order chi connectivity index (χ1) is 10.1. The number of hydrogen-bond acceptors (Lipinski definition) is 5. The lowest BCUT2D eigenvalue weighted by Crippen LogP contribution is -2.23. The van der Waals surface area contributed by atoms with Gasteiger partial charge in [-0.05, 0) is 30.7 Å². The van der Waals surface area contributed by atoms with E-state index in [-0.39, 0.29) is 19.1 Å². The number of carbonyl (C=O) groups excluding carboxylic acids is 1. The van der Waals surface area contributed by atoms with Crippen molar-refractivity contribution in [3.05, 3.63) is 46.6 Å². The number of nitrogens with one attached hydrogen (secondary N) is 1. The fourth-order valence-electron chi connectivity index (χ4n) is 1.75. The normalized spacial score (nSPS) is 9.86. The van der Waals surface area contributed by atoms with Gasteiger partial charge in [0.1, 0.15) is 6.61 Å². The third-order valence-electron chi connectivity index (χ3n) is 2.77. The molecule has 2 rings (SSSR count). The Kier molecular flexibility index (Phi) is 4.69. The Morgan fingerprint density at radius 2 is 2.24 bits per heavy atom. The minimum Gasteiger partial charge on any atom is -0.384 e. The molecular formula is C15H15N3O3. The third-order valence-corrected chi connectivity index (χ3v) is 2.77. The van der Waals surface area contributed by atoms with Gasteiger partial charge in [-0.15, -0.1) is 0 Å². The lowest BCUT2D eigenvalue weighted by atomic mass is 10.0. The van der Waals surface area contributed by atoms with Crippen LogP contribution in [0, 0.1) is 25.7 Å². The molecule has 108 valence electrons. The first kappa shape index (κ1) is 14.8. The Bertz CT molecular complexity index is 710. The first-order valence-corrected chi connectivity index (χ1v) is 6.38. The molecule has 0 saturated carbocycles. The molecule has 0 spiro atoms. The molecule has 1 aromatic carbocycles. The molecule has 0 fully saturated rings. The Morgan fingerprint density at radius 1 is 1.43 bits per heavy atom. The van der Waals surface area contributed by atoms with Crippen LogP contribution in [0.3, 0.4) is 0 Å². The van der Waals surface area contributed by atoms with Crippen LogP contribution in [-0.2, 0) is 6.54 Å². The van der Waals surface area contributed by atoms with E-state index in [1.54, 1.807) is 25.1 Å². The second-order valence-corrected chi connectivity index (χ2v) is 4.40. The van der Waals surface area contributed by atoms with Crippen molar-refractivity contribution in [2.75, 3.05) is 6.61 Å². The molecule has 0 aliphatic heterocycles. The van der Waals surface area contributed by atoms with Crippen LogP contribution in [0.25, 0.3) is 0 Å². The van der Waals surface area contributed by atoms with E-state index in [0.29, 0.717) is 17.3 Å². The van der Waals surface area contributed by atoms with Crippen LogP contribution in [0.1, 0.15) is 33.2 Å². The number of aromatic nitrogens is 2. The number of aliphatic hydroxyl groups excluding tert-OH is 1. The Hall–Kier alpha value is -2.65. The van der Waals surface area contributed by atoms with Crippen LogP contribution in [0.5, 0.6) is 0 Å². The highest BCUT2D eigenvalue weighted by atomic mass is 16.5. The molecule has 0 unspecified atom stereocenters. The zero-order valence-electron chi connectivity index (χ0n) is 11.8. The maximum atomic E-state index is 12.0. The van der Waals surface area contributed by atoms with Crippen LogP contribution in [-0.4, -0.2) is 27.8 Å². The molecule has 6 heteroatoms. The van der Waals surface area contributed by atoms with Crippen molar-refractivity contribution >= 4 is 5.91 Å². The molecule has 1 aromatic heterocycles. The summed E-state index contributed by atoms with van der Waals surface area (Å²) in [5.74, 6) is 6.08. The second-order valence-electron chi connectivity index (χ2n) is 4.40.